The Morgan fingerprint density at radius 2 is 2.00 bits per heavy atom. The van der Waals surface area contributed by atoms with Crippen molar-refractivity contribution in [3.8, 4) is 22.9 Å². The molecule has 0 aliphatic heterocycles. The van der Waals surface area contributed by atoms with Crippen molar-refractivity contribution in [2.75, 3.05) is 19.0 Å². The van der Waals surface area contributed by atoms with Gasteiger partial charge in [0.1, 0.15) is 0 Å². The molecule has 3 aromatic rings. The maximum absolute atomic E-state index is 12.0. The quantitative estimate of drug-likeness (QED) is 0.660. The number of aromatic nitrogens is 3. The summed E-state index contributed by atoms with van der Waals surface area (Å²) in [5, 5.41) is 9.36. The lowest BCUT2D eigenvalue weighted by atomic mass is 10.2. The Bertz CT molecular complexity index is 882. The Balaban J connectivity index is 1.60. The lowest BCUT2D eigenvalue weighted by Crippen LogP contribution is -2.21. The van der Waals surface area contributed by atoms with Crippen LogP contribution in [0.5, 0.6) is 11.5 Å². The number of aromatic amines is 1. The summed E-state index contributed by atoms with van der Waals surface area (Å²) in [5.74, 6) is 1.42. The summed E-state index contributed by atoms with van der Waals surface area (Å²) in [7, 11) is 1.54. The van der Waals surface area contributed by atoms with Gasteiger partial charge in [-0.25, -0.2) is 0 Å². The number of hydrogen-bond acceptors (Lipinski definition) is 5. The summed E-state index contributed by atoms with van der Waals surface area (Å²) in [5.41, 5.74) is 0.854. The van der Waals surface area contributed by atoms with Gasteiger partial charge in [0.25, 0.3) is 5.91 Å². The molecular formula is C17H15BrN4O3. The van der Waals surface area contributed by atoms with Crippen LogP contribution in [-0.4, -0.2) is 34.8 Å². The lowest BCUT2D eigenvalue weighted by Gasteiger charge is -2.09. The van der Waals surface area contributed by atoms with Crippen LogP contribution >= 0.6 is 15.9 Å². The molecule has 0 saturated carbocycles. The van der Waals surface area contributed by atoms with Gasteiger partial charge in [0.15, 0.2) is 23.9 Å². The second-order valence-electron chi connectivity index (χ2n) is 5.01. The molecular weight excluding hydrogens is 388 g/mol. The molecule has 3 rings (SSSR count). The van der Waals surface area contributed by atoms with Gasteiger partial charge in [0, 0.05) is 10.0 Å². The van der Waals surface area contributed by atoms with Crippen LogP contribution in [0.2, 0.25) is 0 Å². The molecule has 2 aromatic carbocycles. The van der Waals surface area contributed by atoms with E-state index in [1.807, 2.05) is 30.3 Å². The molecule has 1 aromatic heterocycles. The van der Waals surface area contributed by atoms with Crippen molar-refractivity contribution < 1.29 is 14.3 Å². The highest BCUT2D eigenvalue weighted by Crippen LogP contribution is 2.25. The van der Waals surface area contributed by atoms with Crippen molar-refractivity contribution in [2.24, 2.45) is 0 Å². The summed E-state index contributed by atoms with van der Waals surface area (Å²) in [4.78, 5) is 16.3. The monoisotopic (exact) mass is 402 g/mol. The average molecular weight is 403 g/mol. The summed E-state index contributed by atoms with van der Waals surface area (Å²) in [6.45, 7) is -0.179. The number of rotatable bonds is 6. The molecule has 8 heteroatoms. The maximum Gasteiger partial charge on any atom is 0.264 e. The lowest BCUT2D eigenvalue weighted by molar-refractivity contribution is -0.118. The van der Waals surface area contributed by atoms with E-state index in [4.69, 9.17) is 9.47 Å². The van der Waals surface area contributed by atoms with Gasteiger partial charge in [-0.05, 0) is 24.3 Å². The molecule has 0 aliphatic carbocycles. The number of para-hydroxylation sites is 2. The zero-order chi connectivity index (χ0) is 17.6. The SMILES string of the molecule is COc1ccccc1OCC(=O)Nc1n[nH]c(-c2cccc(Br)c2)n1. The van der Waals surface area contributed by atoms with Crippen LogP contribution in [0.1, 0.15) is 0 Å². The largest absolute Gasteiger partial charge is 0.493 e. The normalized spacial score (nSPS) is 10.3. The van der Waals surface area contributed by atoms with Crippen molar-refractivity contribution in [1.29, 1.82) is 0 Å². The fourth-order valence-corrected chi connectivity index (χ4v) is 2.52. The molecule has 0 radical (unpaired) electrons. The van der Waals surface area contributed by atoms with Gasteiger partial charge in [-0.3, -0.25) is 15.2 Å². The van der Waals surface area contributed by atoms with Crippen LogP contribution in [0, 0.1) is 0 Å². The molecule has 7 nitrogen and oxygen atoms in total. The number of methoxy groups -OCH3 is 1. The first-order valence-corrected chi connectivity index (χ1v) is 8.19. The maximum atomic E-state index is 12.0. The number of hydrogen-bond donors (Lipinski definition) is 2. The van der Waals surface area contributed by atoms with Crippen LogP contribution < -0.4 is 14.8 Å². The smallest absolute Gasteiger partial charge is 0.264 e. The third kappa shape index (κ3) is 4.36. The Labute approximate surface area is 152 Å². The number of benzene rings is 2. The summed E-state index contributed by atoms with van der Waals surface area (Å²) in [6.07, 6.45) is 0. The van der Waals surface area contributed by atoms with Crippen LogP contribution in [0.25, 0.3) is 11.4 Å². The standard InChI is InChI=1S/C17H15BrN4O3/c1-24-13-7-2-3-8-14(13)25-10-15(23)19-17-20-16(21-22-17)11-5-4-6-12(18)9-11/h2-9H,10H2,1H3,(H2,19,20,21,22,23). The first kappa shape index (κ1) is 17.0. The minimum Gasteiger partial charge on any atom is -0.493 e. The van der Waals surface area contributed by atoms with E-state index in [0.717, 1.165) is 10.0 Å². The van der Waals surface area contributed by atoms with Crippen LogP contribution in [0.3, 0.4) is 0 Å². The number of carbonyl (C=O) groups excluding carboxylic acids is 1. The Morgan fingerprint density at radius 1 is 1.20 bits per heavy atom. The molecule has 25 heavy (non-hydrogen) atoms. The molecule has 2 N–H and O–H groups in total. The van der Waals surface area contributed by atoms with Crippen molar-refractivity contribution in [3.63, 3.8) is 0 Å². The number of anilines is 1. The van der Waals surface area contributed by atoms with Crippen molar-refractivity contribution in [3.05, 3.63) is 53.0 Å². The minimum atomic E-state index is -0.370. The van der Waals surface area contributed by atoms with Crippen LogP contribution in [0.15, 0.2) is 53.0 Å². The topological polar surface area (TPSA) is 89.1 Å². The molecule has 1 heterocycles. The number of carbonyl (C=O) groups is 1. The Kier molecular flexibility index (Phi) is 5.30. The van der Waals surface area contributed by atoms with E-state index in [1.165, 1.54) is 0 Å². The van der Waals surface area contributed by atoms with Gasteiger partial charge >= 0.3 is 0 Å². The number of nitrogens with zero attached hydrogens (tertiary/aromatic N) is 2. The zero-order valence-corrected chi connectivity index (χ0v) is 14.9. The van der Waals surface area contributed by atoms with Crippen molar-refractivity contribution in [1.82, 2.24) is 15.2 Å². The number of amides is 1. The van der Waals surface area contributed by atoms with Crippen molar-refractivity contribution >= 4 is 27.8 Å². The number of ether oxygens (including phenoxy) is 2. The van der Waals surface area contributed by atoms with E-state index in [1.54, 1.807) is 25.3 Å². The highest BCUT2D eigenvalue weighted by Gasteiger charge is 2.11. The van der Waals surface area contributed by atoms with E-state index >= 15 is 0 Å². The fraction of sp³-hybridized carbons (Fsp3) is 0.118. The average Bonchev–Trinajstić information content (AvgIpc) is 3.08. The Hall–Kier alpha value is -2.87. The van der Waals surface area contributed by atoms with E-state index in [0.29, 0.717) is 17.3 Å². The zero-order valence-electron chi connectivity index (χ0n) is 13.3. The number of nitrogens with one attached hydrogen (secondary N) is 2. The van der Waals surface area contributed by atoms with Crippen molar-refractivity contribution in [2.45, 2.75) is 0 Å². The molecule has 0 atom stereocenters. The molecule has 0 fully saturated rings. The van der Waals surface area contributed by atoms with Gasteiger partial charge in [-0.1, -0.05) is 40.2 Å². The molecule has 0 unspecified atom stereocenters. The van der Waals surface area contributed by atoms with Gasteiger partial charge in [0.2, 0.25) is 5.95 Å². The highest BCUT2D eigenvalue weighted by molar-refractivity contribution is 9.10. The fourth-order valence-electron chi connectivity index (χ4n) is 2.12. The molecule has 0 spiro atoms. The van der Waals surface area contributed by atoms with E-state index in [-0.39, 0.29) is 18.5 Å². The molecule has 128 valence electrons. The predicted molar refractivity (Wildman–Crippen MR) is 96.6 cm³/mol. The minimum absolute atomic E-state index is 0.179. The number of H-pyrrole nitrogens is 1. The molecule has 0 saturated heterocycles. The van der Waals surface area contributed by atoms with Gasteiger partial charge in [0.05, 0.1) is 7.11 Å². The first-order valence-electron chi connectivity index (χ1n) is 7.39. The van der Waals surface area contributed by atoms with Gasteiger partial charge in [-0.15, -0.1) is 5.10 Å². The molecule has 0 bridgehead atoms. The predicted octanol–water partition coefficient (Wildman–Crippen LogP) is 3.26. The van der Waals surface area contributed by atoms with E-state index in [2.05, 4.69) is 36.4 Å². The first-order chi connectivity index (χ1) is 12.2. The highest BCUT2D eigenvalue weighted by atomic mass is 79.9. The molecule has 1 amide bonds. The van der Waals surface area contributed by atoms with Crippen LogP contribution in [-0.2, 0) is 4.79 Å². The summed E-state index contributed by atoms with van der Waals surface area (Å²) >= 11 is 3.40. The van der Waals surface area contributed by atoms with E-state index < -0.39 is 0 Å². The second kappa shape index (κ2) is 7.80. The van der Waals surface area contributed by atoms with Gasteiger partial charge < -0.3 is 9.47 Å². The third-order valence-electron chi connectivity index (χ3n) is 3.26. The van der Waals surface area contributed by atoms with Gasteiger partial charge in [-0.2, -0.15) is 4.98 Å². The second-order valence-corrected chi connectivity index (χ2v) is 5.92. The Morgan fingerprint density at radius 3 is 2.76 bits per heavy atom. The summed E-state index contributed by atoms with van der Waals surface area (Å²) < 4.78 is 11.6. The number of halogens is 1. The summed E-state index contributed by atoms with van der Waals surface area (Å²) in [6, 6.07) is 14.7. The van der Waals surface area contributed by atoms with Crippen LogP contribution in [0.4, 0.5) is 5.95 Å². The molecule has 0 aliphatic rings. The van der Waals surface area contributed by atoms with E-state index in [9.17, 15) is 4.79 Å². The third-order valence-corrected chi connectivity index (χ3v) is 3.76.